The van der Waals surface area contributed by atoms with Crippen molar-refractivity contribution in [2.45, 2.75) is 19.4 Å². The summed E-state index contributed by atoms with van der Waals surface area (Å²) in [6, 6.07) is 5.32. The van der Waals surface area contributed by atoms with Crippen LogP contribution in [0.1, 0.15) is 40.9 Å². The maximum absolute atomic E-state index is 14.0. The van der Waals surface area contributed by atoms with E-state index in [1.54, 1.807) is 0 Å². The van der Waals surface area contributed by atoms with Crippen LogP contribution < -0.4 is 10.9 Å². The molecule has 1 atom stereocenters. The number of rotatable bonds is 4. The molecule has 0 aliphatic rings. The maximum Gasteiger partial charge on any atom is 0.266 e. The lowest BCUT2D eigenvalue weighted by Gasteiger charge is -2.16. The first-order valence-corrected chi connectivity index (χ1v) is 6.46. The number of alkyl halides is 2. The summed E-state index contributed by atoms with van der Waals surface area (Å²) < 4.78 is 39.4. The van der Waals surface area contributed by atoms with Gasteiger partial charge in [-0.2, -0.15) is 0 Å². The first-order chi connectivity index (χ1) is 10.4. The minimum absolute atomic E-state index is 0.0319. The van der Waals surface area contributed by atoms with E-state index in [-0.39, 0.29) is 16.7 Å². The molecule has 116 valence electrons. The average molecular weight is 310 g/mol. The monoisotopic (exact) mass is 310 g/mol. The number of carbonyl (C=O) groups is 1. The number of H-pyrrole nitrogens is 1. The molecule has 0 unspecified atom stereocenters. The molecule has 0 saturated carbocycles. The number of carbonyl (C=O) groups excluding carboxylic acids is 1. The summed E-state index contributed by atoms with van der Waals surface area (Å²) in [5.41, 5.74) is -0.921. The van der Waals surface area contributed by atoms with Gasteiger partial charge in [0.1, 0.15) is 5.82 Å². The minimum Gasteiger partial charge on any atom is -0.345 e. The molecule has 1 aromatic carbocycles. The van der Waals surface area contributed by atoms with E-state index in [4.69, 9.17) is 0 Å². The molecule has 1 aromatic heterocycles. The van der Waals surface area contributed by atoms with Gasteiger partial charge in [-0.15, -0.1) is 0 Å². The van der Waals surface area contributed by atoms with E-state index >= 15 is 0 Å². The van der Waals surface area contributed by atoms with Gasteiger partial charge in [0.25, 0.3) is 12.3 Å². The summed E-state index contributed by atoms with van der Waals surface area (Å²) in [4.78, 5) is 25.2. The molecule has 0 radical (unpaired) electrons. The average Bonchev–Trinajstić information content (AvgIpc) is 2.47. The van der Waals surface area contributed by atoms with E-state index in [0.29, 0.717) is 0 Å². The lowest BCUT2D eigenvalue weighted by molar-refractivity contribution is 0.0939. The molecule has 1 amide bonds. The van der Waals surface area contributed by atoms with Crippen molar-refractivity contribution >= 4 is 5.91 Å². The van der Waals surface area contributed by atoms with Crippen LogP contribution >= 0.6 is 0 Å². The van der Waals surface area contributed by atoms with Crippen LogP contribution in [-0.2, 0) is 0 Å². The van der Waals surface area contributed by atoms with Crippen LogP contribution in [0.25, 0.3) is 0 Å². The Morgan fingerprint density at radius 3 is 2.45 bits per heavy atom. The van der Waals surface area contributed by atoms with Crippen LogP contribution in [0.3, 0.4) is 0 Å². The van der Waals surface area contributed by atoms with Crippen LogP contribution in [0.2, 0.25) is 0 Å². The van der Waals surface area contributed by atoms with Crippen LogP contribution in [-0.4, -0.2) is 10.9 Å². The highest BCUT2D eigenvalue weighted by Crippen LogP contribution is 2.27. The molecule has 2 rings (SSSR count). The smallest absolute Gasteiger partial charge is 0.266 e. The highest BCUT2D eigenvalue weighted by Gasteiger charge is 2.20. The van der Waals surface area contributed by atoms with E-state index < -0.39 is 29.8 Å². The van der Waals surface area contributed by atoms with Gasteiger partial charge in [0.2, 0.25) is 5.56 Å². The molecule has 4 nitrogen and oxygen atoms in total. The summed E-state index contributed by atoms with van der Waals surface area (Å²) in [6.45, 7) is 1.48. The van der Waals surface area contributed by atoms with E-state index in [0.717, 1.165) is 6.07 Å². The molecule has 2 aromatic rings. The zero-order valence-electron chi connectivity index (χ0n) is 11.6. The van der Waals surface area contributed by atoms with Crippen LogP contribution in [0.5, 0.6) is 0 Å². The standard InChI is InChI=1S/C15H13F3N2O2/c1-8(10-3-2-4-11(13(10)16)14(17)18)20-15(22)9-5-6-12(21)19-7-9/h2-8,14H,1H3,(H,19,21)(H,20,22)/t8-/m1/s1. The zero-order valence-corrected chi connectivity index (χ0v) is 11.6. The Hall–Kier alpha value is -2.57. The molecule has 1 heterocycles. The fourth-order valence-corrected chi connectivity index (χ4v) is 1.98. The van der Waals surface area contributed by atoms with Gasteiger partial charge in [-0.25, -0.2) is 13.2 Å². The fourth-order valence-electron chi connectivity index (χ4n) is 1.98. The van der Waals surface area contributed by atoms with Gasteiger partial charge in [-0.3, -0.25) is 9.59 Å². The first kappa shape index (κ1) is 15.8. The molecule has 0 bridgehead atoms. The van der Waals surface area contributed by atoms with Gasteiger partial charge >= 0.3 is 0 Å². The molecule has 0 fully saturated rings. The predicted octanol–water partition coefficient (Wildman–Crippen LogP) is 2.94. The van der Waals surface area contributed by atoms with E-state index in [1.807, 2.05) is 0 Å². The van der Waals surface area contributed by atoms with Crippen molar-refractivity contribution in [3.63, 3.8) is 0 Å². The lowest BCUT2D eigenvalue weighted by Crippen LogP contribution is -2.28. The van der Waals surface area contributed by atoms with E-state index in [1.165, 1.54) is 37.4 Å². The van der Waals surface area contributed by atoms with E-state index in [2.05, 4.69) is 10.3 Å². The molecule has 7 heteroatoms. The SMILES string of the molecule is C[C@@H](NC(=O)c1ccc(=O)[nH]c1)c1cccc(C(F)F)c1F. The molecule has 0 spiro atoms. The Kier molecular flexibility index (Phi) is 4.65. The van der Waals surface area contributed by atoms with Gasteiger partial charge in [0.15, 0.2) is 0 Å². The number of halogens is 3. The maximum atomic E-state index is 14.0. The summed E-state index contributed by atoms with van der Waals surface area (Å²) in [6.07, 6.45) is -1.71. The van der Waals surface area contributed by atoms with Crippen molar-refractivity contribution in [1.29, 1.82) is 0 Å². The number of pyridine rings is 1. The van der Waals surface area contributed by atoms with Crippen molar-refractivity contribution in [3.8, 4) is 0 Å². The number of benzene rings is 1. The summed E-state index contributed by atoms with van der Waals surface area (Å²) in [5.74, 6) is -1.59. The quantitative estimate of drug-likeness (QED) is 0.912. The zero-order chi connectivity index (χ0) is 16.3. The van der Waals surface area contributed by atoms with Crippen molar-refractivity contribution in [3.05, 3.63) is 69.4 Å². The van der Waals surface area contributed by atoms with Crippen molar-refractivity contribution in [2.24, 2.45) is 0 Å². The first-order valence-electron chi connectivity index (χ1n) is 6.46. The predicted molar refractivity (Wildman–Crippen MR) is 74.3 cm³/mol. The Labute approximate surface area is 124 Å². The number of nitrogens with one attached hydrogen (secondary N) is 2. The third-order valence-electron chi connectivity index (χ3n) is 3.15. The second-order valence-electron chi connectivity index (χ2n) is 4.69. The Morgan fingerprint density at radius 2 is 1.86 bits per heavy atom. The van der Waals surface area contributed by atoms with Crippen molar-refractivity contribution < 1.29 is 18.0 Å². The number of hydrogen-bond donors (Lipinski definition) is 2. The van der Waals surface area contributed by atoms with Gasteiger partial charge in [-0.1, -0.05) is 18.2 Å². The molecule has 0 saturated heterocycles. The molecular weight excluding hydrogens is 297 g/mol. The summed E-state index contributed by atoms with van der Waals surface area (Å²) >= 11 is 0. The summed E-state index contributed by atoms with van der Waals surface area (Å²) in [5, 5.41) is 2.49. The Balaban J connectivity index is 2.20. The molecule has 0 aliphatic heterocycles. The van der Waals surface area contributed by atoms with E-state index in [9.17, 15) is 22.8 Å². The highest BCUT2D eigenvalue weighted by molar-refractivity contribution is 5.94. The third kappa shape index (κ3) is 3.36. The second kappa shape index (κ2) is 6.46. The molecular formula is C15H13F3N2O2. The van der Waals surface area contributed by atoms with Crippen molar-refractivity contribution in [2.75, 3.05) is 0 Å². The number of aromatic amines is 1. The van der Waals surface area contributed by atoms with Crippen molar-refractivity contribution in [1.82, 2.24) is 10.3 Å². The lowest BCUT2D eigenvalue weighted by atomic mass is 10.0. The normalized spacial score (nSPS) is 12.2. The Morgan fingerprint density at radius 1 is 1.18 bits per heavy atom. The van der Waals surface area contributed by atoms with Gasteiger partial charge in [0, 0.05) is 17.8 Å². The van der Waals surface area contributed by atoms with Crippen LogP contribution in [0.15, 0.2) is 41.3 Å². The van der Waals surface area contributed by atoms with Gasteiger partial charge in [-0.05, 0) is 13.0 Å². The molecule has 22 heavy (non-hydrogen) atoms. The molecule has 0 aliphatic carbocycles. The third-order valence-corrected chi connectivity index (χ3v) is 3.15. The summed E-state index contributed by atoms with van der Waals surface area (Å²) in [7, 11) is 0. The van der Waals surface area contributed by atoms with Gasteiger partial charge < -0.3 is 10.3 Å². The second-order valence-corrected chi connectivity index (χ2v) is 4.69. The minimum atomic E-state index is -2.93. The largest absolute Gasteiger partial charge is 0.345 e. The number of aromatic nitrogens is 1. The van der Waals surface area contributed by atoms with Crippen LogP contribution in [0, 0.1) is 5.82 Å². The highest BCUT2D eigenvalue weighted by atomic mass is 19.3. The number of hydrogen-bond acceptors (Lipinski definition) is 2. The van der Waals surface area contributed by atoms with Gasteiger partial charge in [0.05, 0.1) is 17.2 Å². The Bertz CT molecular complexity index is 723. The fraction of sp³-hybridized carbons (Fsp3) is 0.200. The molecule has 2 N–H and O–H groups in total. The van der Waals surface area contributed by atoms with Crippen LogP contribution in [0.4, 0.5) is 13.2 Å². The number of amides is 1. The topological polar surface area (TPSA) is 62.0 Å².